The zero-order chi connectivity index (χ0) is 13.4. The van der Waals surface area contributed by atoms with Gasteiger partial charge in [0.1, 0.15) is 0 Å². The number of hydrogen-bond donors (Lipinski definition) is 1. The summed E-state index contributed by atoms with van der Waals surface area (Å²) < 4.78 is 1.89. The number of aryl methyl sites for hydroxylation is 2. The van der Waals surface area contributed by atoms with Crippen molar-refractivity contribution in [2.75, 3.05) is 0 Å². The lowest BCUT2D eigenvalue weighted by molar-refractivity contribution is 0.0696. The van der Waals surface area contributed by atoms with Gasteiger partial charge in [0.15, 0.2) is 0 Å². The topological polar surface area (TPSA) is 42.2 Å². The Morgan fingerprint density at radius 3 is 2.44 bits per heavy atom. The lowest BCUT2D eigenvalue weighted by Gasteiger charge is -2.14. The van der Waals surface area contributed by atoms with E-state index >= 15 is 0 Å². The second-order valence-corrected chi connectivity index (χ2v) is 4.74. The number of para-hydroxylation sites is 1. The molecule has 0 saturated heterocycles. The van der Waals surface area contributed by atoms with Gasteiger partial charge in [-0.05, 0) is 38.5 Å². The van der Waals surface area contributed by atoms with Gasteiger partial charge in [0.05, 0.1) is 16.3 Å². The Balaban J connectivity index is 2.76. The van der Waals surface area contributed by atoms with Crippen LogP contribution in [0.4, 0.5) is 0 Å². The average molecular weight is 264 g/mol. The highest BCUT2D eigenvalue weighted by Gasteiger charge is 2.18. The van der Waals surface area contributed by atoms with Crippen LogP contribution in [0.15, 0.2) is 24.3 Å². The highest BCUT2D eigenvalue weighted by atomic mass is 35.5. The van der Waals surface area contributed by atoms with Gasteiger partial charge < -0.3 is 9.67 Å². The second kappa shape index (κ2) is 4.50. The van der Waals surface area contributed by atoms with Crippen LogP contribution in [-0.2, 0) is 0 Å². The molecule has 1 aromatic heterocycles. The Morgan fingerprint density at radius 1 is 1.28 bits per heavy atom. The third kappa shape index (κ3) is 1.91. The number of nitrogens with zero attached hydrogens (tertiary/aromatic N) is 1. The van der Waals surface area contributed by atoms with Crippen LogP contribution in [0.5, 0.6) is 0 Å². The number of hydrogen-bond acceptors (Lipinski definition) is 1. The SMILES string of the molecule is Cc1cccc(Cl)c1-n1c(C)cc(C(=O)O)c1C. The molecule has 1 N–H and O–H groups in total. The van der Waals surface area contributed by atoms with E-state index in [1.54, 1.807) is 13.0 Å². The van der Waals surface area contributed by atoms with Crippen LogP contribution < -0.4 is 0 Å². The maximum absolute atomic E-state index is 11.1. The zero-order valence-corrected chi connectivity index (χ0v) is 11.2. The van der Waals surface area contributed by atoms with Gasteiger partial charge in [0.2, 0.25) is 0 Å². The minimum absolute atomic E-state index is 0.312. The van der Waals surface area contributed by atoms with Crippen molar-refractivity contribution in [3.63, 3.8) is 0 Å². The molecule has 0 saturated carbocycles. The number of benzene rings is 1. The summed E-state index contributed by atoms with van der Waals surface area (Å²) in [5.74, 6) is -0.918. The van der Waals surface area contributed by atoms with Crippen LogP contribution in [0, 0.1) is 20.8 Å². The first-order valence-electron chi connectivity index (χ1n) is 5.61. The molecule has 0 atom stereocenters. The third-order valence-corrected chi connectivity index (χ3v) is 3.38. The number of halogens is 1. The number of aromatic nitrogens is 1. The van der Waals surface area contributed by atoms with Gasteiger partial charge in [-0.25, -0.2) is 4.79 Å². The van der Waals surface area contributed by atoms with Crippen molar-refractivity contribution in [2.24, 2.45) is 0 Å². The first-order valence-corrected chi connectivity index (χ1v) is 5.99. The minimum atomic E-state index is -0.918. The molecule has 0 unspecified atom stereocenters. The molecule has 18 heavy (non-hydrogen) atoms. The number of carboxylic acids is 1. The quantitative estimate of drug-likeness (QED) is 0.897. The molecule has 0 amide bonds. The van der Waals surface area contributed by atoms with E-state index in [0.717, 1.165) is 16.9 Å². The first kappa shape index (κ1) is 12.7. The number of carbonyl (C=O) groups is 1. The van der Waals surface area contributed by atoms with Gasteiger partial charge >= 0.3 is 5.97 Å². The summed E-state index contributed by atoms with van der Waals surface area (Å²) in [6.07, 6.45) is 0. The lowest BCUT2D eigenvalue weighted by Crippen LogP contribution is -2.04. The summed E-state index contributed by atoms with van der Waals surface area (Å²) in [6, 6.07) is 7.32. The fraction of sp³-hybridized carbons (Fsp3) is 0.214. The number of carboxylic acid groups (broad SMARTS) is 1. The van der Waals surface area contributed by atoms with E-state index in [-0.39, 0.29) is 0 Å². The van der Waals surface area contributed by atoms with Gasteiger partial charge in [0.25, 0.3) is 0 Å². The van der Waals surface area contributed by atoms with Crippen molar-refractivity contribution in [1.82, 2.24) is 4.57 Å². The predicted molar refractivity (Wildman–Crippen MR) is 71.9 cm³/mol. The summed E-state index contributed by atoms with van der Waals surface area (Å²) in [7, 11) is 0. The molecule has 0 bridgehead atoms. The van der Waals surface area contributed by atoms with Crippen molar-refractivity contribution in [1.29, 1.82) is 0 Å². The molecule has 4 heteroatoms. The largest absolute Gasteiger partial charge is 0.478 e. The molecular weight excluding hydrogens is 250 g/mol. The molecule has 94 valence electrons. The maximum Gasteiger partial charge on any atom is 0.337 e. The van der Waals surface area contributed by atoms with Crippen molar-refractivity contribution < 1.29 is 9.90 Å². The monoisotopic (exact) mass is 263 g/mol. The Kier molecular flexibility index (Phi) is 3.18. The second-order valence-electron chi connectivity index (χ2n) is 4.33. The highest BCUT2D eigenvalue weighted by Crippen LogP contribution is 2.29. The fourth-order valence-corrected chi connectivity index (χ4v) is 2.54. The average Bonchev–Trinajstić information content (AvgIpc) is 2.56. The van der Waals surface area contributed by atoms with Crippen molar-refractivity contribution >= 4 is 17.6 Å². The first-order chi connectivity index (χ1) is 8.43. The molecule has 1 heterocycles. The van der Waals surface area contributed by atoms with Crippen molar-refractivity contribution in [2.45, 2.75) is 20.8 Å². The highest BCUT2D eigenvalue weighted by molar-refractivity contribution is 6.32. The molecular formula is C14H14ClNO2. The molecule has 0 aliphatic rings. The van der Waals surface area contributed by atoms with Crippen LogP contribution in [0.2, 0.25) is 5.02 Å². The van der Waals surface area contributed by atoms with E-state index in [1.165, 1.54) is 0 Å². The molecule has 1 aromatic carbocycles. The minimum Gasteiger partial charge on any atom is -0.478 e. The Labute approximate surface area is 111 Å². The van der Waals surface area contributed by atoms with E-state index in [4.69, 9.17) is 16.7 Å². The number of rotatable bonds is 2. The lowest BCUT2D eigenvalue weighted by atomic mass is 10.2. The van der Waals surface area contributed by atoms with E-state index in [1.807, 2.05) is 36.6 Å². The molecule has 0 aliphatic heterocycles. The summed E-state index contributed by atoms with van der Waals surface area (Å²) in [5, 5.41) is 9.76. The zero-order valence-electron chi connectivity index (χ0n) is 10.5. The van der Waals surface area contributed by atoms with Gasteiger partial charge in [0, 0.05) is 11.4 Å². The van der Waals surface area contributed by atoms with Gasteiger partial charge in [-0.2, -0.15) is 0 Å². The molecule has 2 aromatic rings. The van der Waals surface area contributed by atoms with E-state index in [9.17, 15) is 4.79 Å². The van der Waals surface area contributed by atoms with Gasteiger partial charge in [-0.1, -0.05) is 23.7 Å². The normalized spacial score (nSPS) is 10.7. The molecule has 0 radical (unpaired) electrons. The van der Waals surface area contributed by atoms with E-state index in [0.29, 0.717) is 16.3 Å². The standard InChI is InChI=1S/C14H14ClNO2/c1-8-5-4-6-12(15)13(8)16-9(2)7-11(10(16)3)14(17)18/h4-7H,1-3H3,(H,17,18). The molecule has 0 fully saturated rings. The van der Waals surface area contributed by atoms with E-state index in [2.05, 4.69) is 0 Å². The van der Waals surface area contributed by atoms with Crippen LogP contribution in [-0.4, -0.2) is 15.6 Å². The molecule has 2 rings (SSSR count). The summed E-state index contributed by atoms with van der Waals surface area (Å²) in [6.45, 7) is 5.63. The van der Waals surface area contributed by atoms with Crippen molar-refractivity contribution in [3.8, 4) is 5.69 Å². The summed E-state index contributed by atoms with van der Waals surface area (Å²) in [4.78, 5) is 11.1. The summed E-state index contributed by atoms with van der Waals surface area (Å²) >= 11 is 6.23. The maximum atomic E-state index is 11.1. The van der Waals surface area contributed by atoms with Crippen LogP contribution >= 0.6 is 11.6 Å². The van der Waals surface area contributed by atoms with Crippen molar-refractivity contribution in [3.05, 3.63) is 51.8 Å². The van der Waals surface area contributed by atoms with Crippen LogP contribution in [0.1, 0.15) is 27.3 Å². The number of aromatic carboxylic acids is 1. The van der Waals surface area contributed by atoms with Crippen LogP contribution in [0.25, 0.3) is 5.69 Å². The Morgan fingerprint density at radius 2 is 1.94 bits per heavy atom. The third-order valence-electron chi connectivity index (χ3n) is 3.07. The smallest absolute Gasteiger partial charge is 0.337 e. The van der Waals surface area contributed by atoms with Crippen LogP contribution in [0.3, 0.4) is 0 Å². The predicted octanol–water partition coefficient (Wildman–Crippen LogP) is 3.75. The molecule has 3 nitrogen and oxygen atoms in total. The fourth-order valence-electron chi connectivity index (χ4n) is 2.23. The molecule has 0 spiro atoms. The Hall–Kier alpha value is -1.74. The Bertz CT molecular complexity index is 609. The van der Waals surface area contributed by atoms with E-state index < -0.39 is 5.97 Å². The summed E-state index contributed by atoms with van der Waals surface area (Å²) in [5.41, 5.74) is 3.73. The van der Waals surface area contributed by atoms with Gasteiger partial charge in [-0.3, -0.25) is 0 Å². The van der Waals surface area contributed by atoms with Gasteiger partial charge in [-0.15, -0.1) is 0 Å². The molecule has 0 aliphatic carbocycles.